The molecule has 0 spiro atoms. The van der Waals surface area contributed by atoms with Gasteiger partial charge in [0.15, 0.2) is 5.78 Å². The number of rotatable bonds is 3. The van der Waals surface area contributed by atoms with E-state index in [-0.39, 0.29) is 17.6 Å². The lowest BCUT2D eigenvalue weighted by atomic mass is 9.81. The van der Waals surface area contributed by atoms with E-state index in [2.05, 4.69) is 15.0 Å². The molecule has 1 aromatic carbocycles. The van der Waals surface area contributed by atoms with Crippen molar-refractivity contribution in [1.82, 2.24) is 15.0 Å². The Morgan fingerprint density at radius 3 is 2.77 bits per heavy atom. The highest BCUT2D eigenvalue weighted by atomic mass is 32.1. The van der Waals surface area contributed by atoms with Crippen LogP contribution in [-0.2, 0) is 6.42 Å². The fraction of sp³-hybridized carbons (Fsp3) is 0.263. The number of thiazole rings is 1. The van der Waals surface area contributed by atoms with E-state index in [4.69, 9.17) is 10.5 Å². The molecular formula is C19H18N4O2S. The first-order valence-electron chi connectivity index (χ1n) is 8.36. The Kier molecular flexibility index (Phi) is 4.16. The Bertz CT molecular complexity index is 999. The lowest BCUT2D eigenvalue weighted by Crippen LogP contribution is -2.23. The van der Waals surface area contributed by atoms with Gasteiger partial charge in [0.2, 0.25) is 5.95 Å². The highest BCUT2D eigenvalue weighted by Gasteiger charge is 2.31. The van der Waals surface area contributed by atoms with Crippen LogP contribution in [-0.4, -0.2) is 20.7 Å². The average molecular weight is 366 g/mol. The molecule has 7 heteroatoms. The number of para-hydroxylation sites is 1. The van der Waals surface area contributed by atoms with E-state index < -0.39 is 0 Å². The molecule has 0 bridgehead atoms. The third kappa shape index (κ3) is 3.06. The van der Waals surface area contributed by atoms with Gasteiger partial charge in [-0.25, -0.2) is 15.0 Å². The number of carbonyl (C=O) groups is 1. The average Bonchev–Trinajstić information content (AvgIpc) is 2.99. The molecule has 1 unspecified atom stereocenters. The van der Waals surface area contributed by atoms with E-state index in [1.165, 1.54) is 11.3 Å². The van der Waals surface area contributed by atoms with Gasteiger partial charge in [-0.3, -0.25) is 4.79 Å². The maximum atomic E-state index is 12.7. The molecule has 0 aliphatic heterocycles. The van der Waals surface area contributed by atoms with Crippen molar-refractivity contribution in [2.45, 2.75) is 32.6 Å². The van der Waals surface area contributed by atoms with Crippen molar-refractivity contribution in [3.63, 3.8) is 0 Å². The number of nitrogens with two attached hydrogens (primary N) is 1. The highest BCUT2D eigenvalue weighted by Crippen LogP contribution is 2.39. The molecule has 0 radical (unpaired) electrons. The lowest BCUT2D eigenvalue weighted by molar-refractivity contribution is 0.0961. The van der Waals surface area contributed by atoms with Crippen LogP contribution in [0.25, 0.3) is 0 Å². The van der Waals surface area contributed by atoms with Crippen LogP contribution in [0.4, 0.5) is 5.95 Å². The number of ketones is 1. The number of nitrogen functional groups attached to an aromatic ring is 1. The zero-order valence-electron chi connectivity index (χ0n) is 14.5. The Morgan fingerprint density at radius 2 is 2.00 bits per heavy atom. The molecule has 26 heavy (non-hydrogen) atoms. The molecule has 4 rings (SSSR count). The molecule has 6 nitrogen and oxygen atoms in total. The van der Waals surface area contributed by atoms with Crippen molar-refractivity contribution in [2.75, 3.05) is 5.73 Å². The number of benzene rings is 1. The summed E-state index contributed by atoms with van der Waals surface area (Å²) >= 11 is 1.49. The van der Waals surface area contributed by atoms with Crippen molar-refractivity contribution in [3.8, 4) is 10.9 Å². The number of Topliss-reactive ketones (excluding diaryl/α,β-unsaturated/α-hetero) is 1. The number of hydrogen-bond donors (Lipinski definition) is 1. The van der Waals surface area contributed by atoms with Gasteiger partial charge in [-0.05, 0) is 31.9 Å². The number of anilines is 1. The SMILES string of the molecule is Cc1cnc(Oc2ccccc2C2CC(=O)c3c(C)nc(N)nc3C2)s1. The summed E-state index contributed by atoms with van der Waals surface area (Å²) < 4.78 is 5.99. The summed E-state index contributed by atoms with van der Waals surface area (Å²) in [5.74, 6) is 0.967. The second kappa shape index (κ2) is 6.49. The molecule has 0 saturated heterocycles. The zero-order valence-corrected chi connectivity index (χ0v) is 15.3. The highest BCUT2D eigenvalue weighted by molar-refractivity contribution is 7.13. The first-order chi connectivity index (χ1) is 12.5. The predicted octanol–water partition coefficient (Wildman–Crippen LogP) is 3.84. The van der Waals surface area contributed by atoms with Crippen LogP contribution in [0.2, 0.25) is 0 Å². The van der Waals surface area contributed by atoms with Gasteiger partial charge < -0.3 is 10.5 Å². The summed E-state index contributed by atoms with van der Waals surface area (Å²) in [5.41, 5.74) is 8.75. The lowest BCUT2D eigenvalue weighted by Gasteiger charge is -2.25. The van der Waals surface area contributed by atoms with Crippen LogP contribution >= 0.6 is 11.3 Å². The van der Waals surface area contributed by atoms with Crippen molar-refractivity contribution in [3.05, 3.63) is 57.9 Å². The number of aryl methyl sites for hydroxylation is 2. The zero-order chi connectivity index (χ0) is 18.3. The fourth-order valence-corrected chi connectivity index (χ4v) is 4.02. The monoisotopic (exact) mass is 366 g/mol. The largest absolute Gasteiger partial charge is 0.431 e. The van der Waals surface area contributed by atoms with Crippen molar-refractivity contribution in [2.24, 2.45) is 0 Å². The first kappa shape index (κ1) is 16.7. The number of carbonyl (C=O) groups excluding carboxylic acids is 1. The van der Waals surface area contributed by atoms with E-state index in [0.717, 1.165) is 21.9 Å². The molecule has 1 aliphatic rings. The summed E-state index contributed by atoms with van der Waals surface area (Å²) in [6.45, 7) is 3.79. The molecule has 0 saturated carbocycles. The summed E-state index contributed by atoms with van der Waals surface area (Å²) in [5, 5.41) is 0.597. The molecule has 2 heterocycles. The molecular weight excluding hydrogens is 348 g/mol. The van der Waals surface area contributed by atoms with Crippen LogP contribution in [0, 0.1) is 13.8 Å². The normalized spacial score (nSPS) is 16.4. The second-order valence-corrected chi connectivity index (χ2v) is 7.59. The van der Waals surface area contributed by atoms with Gasteiger partial charge in [-0.15, -0.1) is 0 Å². The minimum absolute atomic E-state index is 0.0130. The quantitative estimate of drug-likeness (QED) is 0.757. The van der Waals surface area contributed by atoms with E-state index in [9.17, 15) is 4.79 Å². The summed E-state index contributed by atoms with van der Waals surface area (Å²) in [7, 11) is 0. The Labute approximate surface area is 155 Å². The maximum absolute atomic E-state index is 12.7. The minimum Gasteiger partial charge on any atom is -0.431 e. The molecule has 2 N–H and O–H groups in total. The van der Waals surface area contributed by atoms with Crippen LogP contribution in [0.15, 0.2) is 30.5 Å². The van der Waals surface area contributed by atoms with E-state index in [1.54, 1.807) is 13.1 Å². The van der Waals surface area contributed by atoms with Crippen molar-refractivity contribution >= 4 is 23.1 Å². The van der Waals surface area contributed by atoms with Gasteiger partial charge in [0.05, 0.1) is 17.0 Å². The van der Waals surface area contributed by atoms with E-state index in [0.29, 0.717) is 29.3 Å². The Morgan fingerprint density at radius 1 is 1.19 bits per heavy atom. The second-order valence-electron chi connectivity index (χ2n) is 6.39. The molecule has 3 aromatic rings. The first-order valence-corrected chi connectivity index (χ1v) is 9.18. The van der Waals surface area contributed by atoms with Gasteiger partial charge in [0.1, 0.15) is 5.75 Å². The summed E-state index contributed by atoms with van der Waals surface area (Å²) in [6.07, 6.45) is 2.82. The number of nitrogens with zero attached hydrogens (tertiary/aromatic N) is 3. The van der Waals surface area contributed by atoms with E-state index in [1.807, 2.05) is 31.2 Å². The summed E-state index contributed by atoms with van der Waals surface area (Å²) in [4.78, 5) is 26.5. The molecule has 0 fully saturated rings. The summed E-state index contributed by atoms with van der Waals surface area (Å²) in [6, 6.07) is 7.78. The van der Waals surface area contributed by atoms with Crippen LogP contribution in [0.5, 0.6) is 10.9 Å². The Hall–Kier alpha value is -2.80. The number of hydrogen-bond acceptors (Lipinski definition) is 7. The van der Waals surface area contributed by atoms with Crippen molar-refractivity contribution < 1.29 is 9.53 Å². The van der Waals surface area contributed by atoms with Crippen LogP contribution < -0.4 is 10.5 Å². The number of fused-ring (bicyclic) bond motifs is 1. The van der Waals surface area contributed by atoms with Gasteiger partial charge >= 0.3 is 0 Å². The van der Waals surface area contributed by atoms with Crippen LogP contribution in [0.1, 0.15) is 44.5 Å². The fourth-order valence-electron chi connectivity index (χ4n) is 3.40. The van der Waals surface area contributed by atoms with E-state index >= 15 is 0 Å². The number of ether oxygens (including phenoxy) is 1. The Balaban J connectivity index is 1.69. The third-order valence-corrected chi connectivity index (χ3v) is 5.28. The predicted molar refractivity (Wildman–Crippen MR) is 99.9 cm³/mol. The van der Waals surface area contributed by atoms with Gasteiger partial charge in [0, 0.05) is 23.4 Å². The van der Waals surface area contributed by atoms with Crippen LogP contribution in [0.3, 0.4) is 0 Å². The third-order valence-electron chi connectivity index (χ3n) is 4.49. The molecule has 2 aromatic heterocycles. The van der Waals surface area contributed by atoms with Gasteiger partial charge in [0.25, 0.3) is 5.19 Å². The van der Waals surface area contributed by atoms with Gasteiger partial charge in [-0.2, -0.15) is 0 Å². The topological polar surface area (TPSA) is 91.0 Å². The molecule has 1 atom stereocenters. The molecule has 132 valence electrons. The van der Waals surface area contributed by atoms with Gasteiger partial charge in [-0.1, -0.05) is 29.5 Å². The number of aromatic nitrogens is 3. The van der Waals surface area contributed by atoms with Crippen molar-refractivity contribution in [1.29, 1.82) is 0 Å². The standard InChI is InChI=1S/C19H18N4O2S/c1-10-9-21-19(26-10)25-16-6-4-3-5-13(16)12-7-14-17(15(24)8-12)11(2)22-18(20)23-14/h3-6,9,12H,7-8H2,1-2H3,(H2,20,22,23). The molecule has 1 aliphatic carbocycles. The maximum Gasteiger partial charge on any atom is 0.278 e. The minimum atomic E-state index is -0.0130. The smallest absolute Gasteiger partial charge is 0.278 e. The molecule has 0 amide bonds.